The number of benzene rings is 1. The number of ether oxygens (including phenoxy) is 2. The van der Waals surface area contributed by atoms with Gasteiger partial charge in [0.25, 0.3) is 5.88 Å². The van der Waals surface area contributed by atoms with Crippen LogP contribution >= 0.6 is 0 Å². The quantitative estimate of drug-likeness (QED) is 0.713. The van der Waals surface area contributed by atoms with Crippen molar-refractivity contribution in [2.24, 2.45) is 0 Å². The minimum absolute atomic E-state index is 0.0408. The van der Waals surface area contributed by atoms with E-state index in [1.54, 1.807) is 6.07 Å². The number of aromatic nitrogens is 1. The lowest BCUT2D eigenvalue weighted by Crippen LogP contribution is -2.40. The van der Waals surface area contributed by atoms with Gasteiger partial charge in [-0.05, 0) is 30.6 Å². The van der Waals surface area contributed by atoms with Gasteiger partial charge in [-0.25, -0.2) is 0 Å². The van der Waals surface area contributed by atoms with Crippen LogP contribution in [0, 0.1) is 0 Å². The van der Waals surface area contributed by atoms with Crippen molar-refractivity contribution in [2.75, 3.05) is 44.3 Å². The van der Waals surface area contributed by atoms with Crippen LogP contribution in [0.3, 0.4) is 0 Å². The van der Waals surface area contributed by atoms with Crippen LogP contribution in [0.4, 0.5) is 5.69 Å². The van der Waals surface area contributed by atoms with Crippen LogP contribution in [0.2, 0.25) is 0 Å². The first-order valence-electron chi connectivity index (χ1n) is 10.4. The third kappa shape index (κ3) is 4.79. The number of para-hydroxylation sites is 1. The SMILES string of the molecule is CC(C)Oc1cc(CCC(=O)N2CC(CN3CCOCC3)c3ccccc32)on1. The predicted molar refractivity (Wildman–Crippen MR) is 109 cm³/mol. The molecule has 29 heavy (non-hydrogen) atoms. The zero-order valence-electron chi connectivity index (χ0n) is 17.2. The Morgan fingerprint density at radius 3 is 2.86 bits per heavy atom. The summed E-state index contributed by atoms with van der Waals surface area (Å²) >= 11 is 0. The van der Waals surface area contributed by atoms with Gasteiger partial charge in [0.05, 0.1) is 19.3 Å². The third-order valence-corrected chi connectivity index (χ3v) is 5.43. The summed E-state index contributed by atoms with van der Waals surface area (Å²) in [6.07, 6.45) is 0.939. The van der Waals surface area contributed by atoms with Crippen LogP contribution in [-0.2, 0) is 16.0 Å². The summed E-state index contributed by atoms with van der Waals surface area (Å²) in [5.41, 5.74) is 2.30. The van der Waals surface area contributed by atoms with E-state index in [9.17, 15) is 4.79 Å². The van der Waals surface area contributed by atoms with E-state index < -0.39 is 0 Å². The highest BCUT2D eigenvalue weighted by Gasteiger charge is 2.33. The molecule has 1 aromatic carbocycles. The van der Waals surface area contributed by atoms with E-state index in [0.717, 1.165) is 45.1 Å². The van der Waals surface area contributed by atoms with Gasteiger partial charge in [0.15, 0.2) is 0 Å². The normalized spacial score (nSPS) is 19.6. The van der Waals surface area contributed by atoms with Crippen LogP contribution in [0.25, 0.3) is 0 Å². The van der Waals surface area contributed by atoms with E-state index >= 15 is 0 Å². The highest BCUT2D eigenvalue weighted by molar-refractivity contribution is 5.96. The minimum atomic E-state index is 0.0408. The fourth-order valence-corrected chi connectivity index (χ4v) is 4.06. The lowest BCUT2D eigenvalue weighted by atomic mass is 10.0. The second-order valence-electron chi connectivity index (χ2n) is 7.97. The monoisotopic (exact) mass is 399 g/mol. The number of hydrogen-bond acceptors (Lipinski definition) is 6. The summed E-state index contributed by atoms with van der Waals surface area (Å²) < 4.78 is 16.3. The van der Waals surface area contributed by atoms with E-state index in [1.807, 2.05) is 24.8 Å². The molecule has 156 valence electrons. The number of fused-ring (bicyclic) bond motifs is 1. The Morgan fingerprint density at radius 2 is 2.07 bits per heavy atom. The van der Waals surface area contributed by atoms with Gasteiger partial charge in [0.2, 0.25) is 5.91 Å². The Hall–Kier alpha value is -2.38. The molecule has 0 spiro atoms. The Balaban J connectivity index is 1.38. The second-order valence-corrected chi connectivity index (χ2v) is 7.97. The average molecular weight is 399 g/mol. The summed E-state index contributed by atoms with van der Waals surface area (Å²) in [5, 5.41) is 3.91. The summed E-state index contributed by atoms with van der Waals surface area (Å²) in [6, 6.07) is 10.0. The predicted octanol–water partition coefficient (Wildman–Crippen LogP) is 2.86. The van der Waals surface area contributed by atoms with Crippen LogP contribution in [0.15, 0.2) is 34.9 Å². The molecule has 2 aliphatic rings. The first-order chi connectivity index (χ1) is 14.1. The minimum Gasteiger partial charge on any atom is -0.473 e. The lowest BCUT2D eigenvalue weighted by molar-refractivity contribution is -0.118. The molecule has 1 saturated heterocycles. The molecule has 0 bridgehead atoms. The molecule has 0 aliphatic carbocycles. The Labute approximate surface area is 171 Å². The van der Waals surface area contributed by atoms with Gasteiger partial charge in [-0.1, -0.05) is 18.2 Å². The van der Waals surface area contributed by atoms with E-state index in [1.165, 1.54) is 5.56 Å². The summed E-state index contributed by atoms with van der Waals surface area (Å²) in [5.74, 6) is 1.60. The molecule has 1 atom stereocenters. The maximum absolute atomic E-state index is 13.0. The maximum atomic E-state index is 13.0. The largest absolute Gasteiger partial charge is 0.473 e. The molecular formula is C22H29N3O4. The lowest BCUT2D eigenvalue weighted by Gasteiger charge is -2.29. The summed E-state index contributed by atoms with van der Waals surface area (Å²) in [7, 11) is 0. The van der Waals surface area contributed by atoms with Gasteiger partial charge in [0, 0.05) is 56.7 Å². The molecule has 1 fully saturated rings. The van der Waals surface area contributed by atoms with Crippen molar-refractivity contribution < 1.29 is 18.8 Å². The number of carbonyl (C=O) groups is 1. The van der Waals surface area contributed by atoms with Crippen molar-refractivity contribution in [2.45, 2.75) is 38.7 Å². The van der Waals surface area contributed by atoms with Gasteiger partial charge in [-0.2, -0.15) is 0 Å². The topological polar surface area (TPSA) is 68.0 Å². The van der Waals surface area contributed by atoms with E-state index in [-0.39, 0.29) is 12.0 Å². The van der Waals surface area contributed by atoms with Crippen molar-refractivity contribution in [1.82, 2.24) is 10.1 Å². The van der Waals surface area contributed by atoms with Crippen LogP contribution < -0.4 is 9.64 Å². The second kappa shape index (κ2) is 8.97. The number of amides is 1. The standard InChI is InChI=1S/C22H29N3O4/c1-16(2)28-21-13-18(29-23-21)7-8-22(26)25-15-17(14-24-9-11-27-12-10-24)19-5-3-4-6-20(19)25/h3-6,13,16-17H,7-12,14-15H2,1-2H3. The van der Waals surface area contributed by atoms with Gasteiger partial charge in [-0.3, -0.25) is 9.69 Å². The van der Waals surface area contributed by atoms with Crippen LogP contribution in [-0.4, -0.2) is 61.5 Å². The van der Waals surface area contributed by atoms with E-state index in [2.05, 4.69) is 28.3 Å². The smallest absolute Gasteiger partial charge is 0.254 e. The molecule has 3 heterocycles. The van der Waals surface area contributed by atoms with E-state index in [0.29, 0.717) is 30.4 Å². The Morgan fingerprint density at radius 1 is 1.28 bits per heavy atom. The highest BCUT2D eigenvalue weighted by atomic mass is 16.5. The molecule has 0 saturated carbocycles. The molecule has 1 amide bonds. The number of hydrogen-bond donors (Lipinski definition) is 0. The number of rotatable bonds is 7. The highest BCUT2D eigenvalue weighted by Crippen LogP contribution is 2.37. The fourth-order valence-electron chi connectivity index (χ4n) is 4.06. The molecular weight excluding hydrogens is 370 g/mol. The van der Waals surface area contributed by atoms with Gasteiger partial charge in [-0.15, -0.1) is 0 Å². The average Bonchev–Trinajstić information content (AvgIpc) is 3.31. The summed E-state index contributed by atoms with van der Waals surface area (Å²) in [4.78, 5) is 17.4. The molecule has 4 rings (SSSR count). The Kier molecular flexibility index (Phi) is 6.16. The molecule has 2 aromatic rings. The zero-order valence-corrected chi connectivity index (χ0v) is 17.2. The van der Waals surface area contributed by atoms with Gasteiger partial charge < -0.3 is 18.9 Å². The van der Waals surface area contributed by atoms with Crippen LogP contribution in [0.1, 0.15) is 37.5 Å². The number of morpholine rings is 1. The molecule has 1 aromatic heterocycles. The molecule has 7 heteroatoms. The van der Waals surface area contributed by atoms with Crippen molar-refractivity contribution >= 4 is 11.6 Å². The number of aryl methyl sites for hydroxylation is 1. The maximum Gasteiger partial charge on any atom is 0.254 e. The fraction of sp³-hybridized carbons (Fsp3) is 0.545. The molecule has 1 unspecified atom stereocenters. The van der Waals surface area contributed by atoms with E-state index in [4.69, 9.17) is 14.0 Å². The third-order valence-electron chi connectivity index (χ3n) is 5.43. The molecule has 2 aliphatic heterocycles. The number of anilines is 1. The molecule has 7 nitrogen and oxygen atoms in total. The van der Waals surface area contributed by atoms with Crippen molar-refractivity contribution in [1.29, 1.82) is 0 Å². The van der Waals surface area contributed by atoms with Gasteiger partial charge in [0.1, 0.15) is 5.76 Å². The first-order valence-corrected chi connectivity index (χ1v) is 10.4. The first kappa shape index (κ1) is 19.9. The summed E-state index contributed by atoms with van der Waals surface area (Å²) in [6.45, 7) is 9.06. The zero-order chi connectivity index (χ0) is 20.2. The van der Waals surface area contributed by atoms with Crippen LogP contribution in [0.5, 0.6) is 5.88 Å². The molecule has 0 N–H and O–H groups in total. The van der Waals surface area contributed by atoms with Gasteiger partial charge >= 0.3 is 0 Å². The van der Waals surface area contributed by atoms with Crippen molar-refractivity contribution in [3.63, 3.8) is 0 Å². The molecule has 0 radical (unpaired) electrons. The van der Waals surface area contributed by atoms with Crippen molar-refractivity contribution in [3.8, 4) is 5.88 Å². The number of carbonyl (C=O) groups excluding carboxylic acids is 1. The van der Waals surface area contributed by atoms with Crippen molar-refractivity contribution in [3.05, 3.63) is 41.7 Å². The Bertz CT molecular complexity index is 829. The number of nitrogens with zero attached hydrogens (tertiary/aromatic N) is 3.